The molecule has 2 aliphatic rings. The van der Waals surface area contributed by atoms with Crippen LogP contribution in [0.1, 0.15) is 51.4 Å². The first-order valence-electron chi connectivity index (χ1n) is 6.35. The molecular weight excluding hydrogens is 172 g/mol. The van der Waals surface area contributed by atoms with Gasteiger partial charge in [-0.2, -0.15) is 0 Å². The van der Waals surface area contributed by atoms with Gasteiger partial charge in [-0.05, 0) is 25.7 Å². The van der Waals surface area contributed by atoms with Gasteiger partial charge in [0.15, 0.2) is 0 Å². The van der Waals surface area contributed by atoms with E-state index in [2.05, 4.69) is 17.1 Å². The molecule has 0 radical (unpaired) electrons. The first-order valence-corrected chi connectivity index (χ1v) is 6.35. The van der Waals surface area contributed by atoms with Gasteiger partial charge in [0.1, 0.15) is 0 Å². The molecule has 0 amide bonds. The van der Waals surface area contributed by atoms with Crippen molar-refractivity contribution < 1.29 is 0 Å². The monoisotopic (exact) mass is 196 g/mol. The third-order valence-corrected chi connectivity index (χ3v) is 3.88. The van der Waals surface area contributed by atoms with Gasteiger partial charge < -0.3 is 0 Å². The zero-order chi connectivity index (χ0) is 9.80. The van der Waals surface area contributed by atoms with Crippen LogP contribution in [-0.2, 0) is 0 Å². The summed E-state index contributed by atoms with van der Waals surface area (Å²) < 4.78 is 0. The van der Waals surface area contributed by atoms with Gasteiger partial charge in [0, 0.05) is 26.2 Å². The molecule has 2 heteroatoms. The lowest BCUT2D eigenvalue weighted by Gasteiger charge is -2.41. The average molecular weight is 196 g/mol. The van der Waals surface area contributed by atoms with Crippen LogP contribution in [0.4, 0.5) is 0 Å². The topological polar surface area (TPSA) is 6.48 Å². The third kappa shape index (κ3) is 2.48. The molecule has 1 aliphatic carbocycles. The molecule has 0 aromatic carbocycles. The molecule has 1 aliphatic heterocycles. The van der Waals surface area contributed by atoms with Crippen LogP contribution in [0.3, 0.4) is 0 Å². The van der Waals surface area contributed by atoms with Crippen molar-refractivity contribution in [3.8, 4) is 0 Å². The van der Waals surface area contributed by atoms with E-state index < -0.39 is 0 Å². The summed E-state index contributed by atoms with van der Waals surface area (Å²) in [4.78, 5) is 0. The Balaban J connectivity index is 1.82. The number of hydrogen-bond donors (Lipinski definition) is 0. The van der Waals surface area contributed by atoms with Crippen LogP contribution in [0.2, 0.25) is 0 Å². The largest absolute Gasteiger partial charge is 0.242 e. The van der Waals surface area contributed by atoms with Crippen molar-refractivity contribution >= 4 is 0 Å². The van der Waals surface area contributed by atoms with E-state index in [1.807, 2.05) is 0 Å². The molecule has 1 heterocycles. The molecule has 0 aromatic rings. The predicted molar refractivity (Wildman–Crippen MR) is 60.1 cm³/mol. The first-order chi connectivity index (χ1) is 6.88. The Morgan fingerprint density at radius 3 is 2.07 bits per heavy atom. The number of rotatable bonds is 2. The highest BCUT2D eigenvalue weighted by atomic mass is 15.6. The molecular formula is C12H24N2. The molecule has 0 spiro atoms. The van der Waals surface area contributed by atoms with Crippen molar-refractivity contribution in [3.63, 3.8) is 0 Å². The SMILES string of the molecule is CN(C1CCCCC1)N1CCCCC1. The van der Waals surface area contributed by atoms with E-state index in [1.54, 1.807) is 0 Å². The summed E-state index contributed by atoms with van der Waals surface area (Å²) >= 11 is 0. The maximum atomic E-state index is 2.58. The Bertz CT molecular complexity index is 140. The maximum Gasteiger partial charge on any atom is 0.0242 e. The second-order valence-electron chi connectivity index (χ2n) is 4.88. The molecule has 0 bridgehead atoms. The second-order valence-corrected chi connectivity index (χ2v) is 4.88. The summed E-state index contributed by atoms with van der Waals surface area (Å²) in [6, 6.07) is 0.849. The zero-order valence-corrected chi connectivity index (χ0v) is 9.54. The summed E-state index contributed by atoms with van der Waals surface area (Å²) in [5, 5.41) is 5.14. The van der Waals surface area contributed by atoms with Gasteiger partial charge in [-0.15, -0.1) is 0 Å². The van der Waals surface area contributed by atoms with E-state index in [0.29, 0.717) is 0 Å². The lowest BCUT2D eigenvalue weighted by molar-refractivity contribution is -0.0600. The highest BCUT2D eigenvalue weighted by Crippen LogP contribution is 2.24. The maximum absolute atomic E-state index is 2.58. The van der Waals surface area contributed by atoms with E-state index in [-0.39, 0.29) is 0 Å². The van der Waals surface area contributed by atoms with E-state index >= 15 is 0 Å². The minimum Gasteiger partial charge on any atom is -0.242 e. The molecule has 0 aromatic heterocycles. The average Bonchev–Trinajstić information content (AvgIpc) is 2.30. The number of hydrogen-bond acceptors (Lipinski definition) is 2. The standard InChI is InChI=1S/C12H24N2/c1-13(12-8-4-2-5-9-12)14-10-6-3-7-11-14/h12H,2-11H2,1H3. The third-order valence-electron chi connectivity index (χ3n) is 3.88. The molecule has 82 valence electrons. The quantitative estimate of drug-likeness (QED) is 0.670. The number of nitrogens with zero attached hydrogens (tertiary/aromatic N) is 2. The lowest BCUT2D eigenvalue weighted by Crippen LogP contribution is -2.49. The first kappa shape index (κ1) is 10.4. The van der Waals surface area contributed by atoms with Crippen LogP contribution in [0.5, 0.6) is 0 Å². The summed E-state index contributed by atoms with van der Waals surface area (Å²) in [5.41, 5.74) is 0. The van der Waals surface area contributed by atoms with Crippen LogP contribution >= 0.6 is 0 Å². The molecule has 1 saturated carbocycles. The minimum absolute atomic E-state index is 0.849. The molecule has 2 nitrogen and oxygen atoms in total. The summed E-state index contributed by atoms with van der Waals surface area (Å²) in [5.74, 6) is 0. The van der Waals surface area contributed by atoms with E-state index in [1.165, 1.54) is 64.5 Å². The zero-order valence-electron chi connectivity index (χ0n) is 9.54. The smallest absolute Gasteiger partial charge is 0.0242 e. The van der Waals surface area contributed by atoms with E-state index in [0.717, 1.165) is 6.04 Å². The lowest BCUT2D eigenvalue weighted by atomic mass is 9.95. The van der Waals surface area contributed by atoms with Crippen molar-refractivity contribution in [2.24, 2.45) is 0 Å². The van der Waals surface area contributed by atoms with Crippen LogP contribution in [0.15, 0.2) is 0 Å². The Morgan fingerprint density at radius 2 is 1.43 bits per heavy atom. The molecule has 2 fully saturated rings. The van der Waals surface area contributed by atoms with Crippen molar-refractivity contribution in [2.75, 3.05) is 20.1 Å². The van der Waals surface area contributed by atoms with Gasteiger partial charge in [-0.1, -0.05) is 25.7 Å². The van der Waals surface area contributed by atoms with Crippen LogP contribution in [-0.4, -0.2) is 36.2 Å². The number of piperidine rings is 1. The van der Waals surface area contributed by atoms with Gasteiger partial charge in [0.05, 0.1) is 0 Å². The molecule has 0 N–H and O–H groups in total. The number of hydrazine groups is 1. The second kappa shape index (κ2) is 5.13. The Hall–Kier alpha value is -0.0800. The van der Waals surface area contributed by atoms with Crippen molar-refractivity contribution in [3.05, 3.63) is 0 Å². The van der Waals surface area contributed by atoms with E-state index in [4.69, 9.17) is 0 Å². The minimum atomic E-state index is 0.849. The molecule has 14 heavy (non-hydrogen) atoms. The van der Waals surface area contributed by atoms with Gasteiger partial charge in [0.25, 0.3) is 0 Å². The summed E-state index contributed by atoms with van der Waals surface area (Å²) in [6.07, 6.45) is 11.4. The van der Waals surface area contributed by atoms with Crippen molar-refractivity contribution in [1.29, 1.82) is 0 Å². The van der Waals surface area contributed by atoms with Gasteiger partial charge in [-0.3, -0.25) is 0 Å². The fraction of sp³-hybridized carbons (Fsp3) is 1.00. The van der Waals surface area contributed by atoms with Crippen LogP contribution < -0.4 is 0 Å². The Labute approximate surface area is 88.2 Å². The Morgan fingerprint density at radius 1 is 0.857 bits per heavy atom. The molecule has 0 unspecified atom stereocenters. The van der Waals surface area contributed by atoms with Crippen LogP contribution in [0, 0.1) is 0 Å². The highest BCUT2D eigenvalue weighted by molar-refractivity contribution is 4.74. The summed E-state index contributed by atoms with van der Waals surface area (Å²) in [7, 11) is 2.31. The summed E-state index contributed by atoms with van der Waals surface area (Å²) in [6.45, 7) is 2.60. The van der Waals surface area contributed by atoms with Gasteiger partial charge in [-0.25, -0.2) is 10.0 Å². The molecule has 1 saturated heterocycles. The fourth-order valence-electron chi connectivity index (χ4n) is 2.88. The molecule has 2 rings (SSSR count). The highest BCUT2D eigenvalue weighted by Gasteiger charge is 2.23. The fourth-order valence-corrected chi connectivity index (χ4v) is 2.88. The Kier molecular flexibility index (Phi) is 3.82. The van der Waals surface area contributed by atoms with E-state index in [9.17, 15) is 0 Å². The molecule has 0 atom stereocenters. The van der Waals surface area contributed by atoms with Gasteiger partial charge >= 0.3 is 0 Å². The van der Waals surface area contributed by atoms with Crippen LogP contribution in [0.25, 0.3) is 0 Å². The van der Waals surface area contributed by atoms with Crippen molar-refractivity contribution in [1.82, 2.24) is 10.0 Å². The predicted octanol–water partition coefficient (Wildman–Crippen LogP) is 2.65. The normalized spacial score (nSPS) is 27.0. The van der Waals surface area contributed by atoms with Crippen molar-refractivity contribution in [2.45, 2.75) is 57.4 Å². The van der Waals surface area contributed by atoms with Gasteiger partial charge in [0.2, 0.25) is 0 Å².